The number of hydrogen-bond donors (Lipinski definition) is 0. The molecule has 27 heavy (non-hydrogen) atoms. The molecule has 3 heteroatoms. The van der Waals surface area contributed by atoms with Crippen LogP contribution < -0.4 is 0 Å². The van der Waals surface area contributed by atoms with E-state index in [9.17, 15) is 0 Å². The predicted molar refractivity (Wildman–Crippen MR) is 121 cm³/mol. The van der Waals surface area contributed by atoms with Gasteiger partial charge in [0.05, 0.1) is 0 Å². The molecular weight excluding hydrogens is 450 g/mol. The Hall–Kier alpha value is 1.46. The van der Waals surface area contributed by atoms with E-state index < -0.39 is 20.8 Å². The van der Waals surface area contributed by atoms with Crippen molar-refractivity contribution < 1.29 is 20.8 Å². The number of fused-ring (bicyclic) bond motifs is 2. The van der Waals surface area contributed by atoms with Crippen LogP contribution in [0, 0.1) is 49.4 Å². The summed E-state index contributed by atoms with van der Waals surface area (Å²) in [7, 11) is 9.87. The molecule has 0 radical (unpaired) electrons. The van der Waals surface area contributed by atoms with Crippen molar-refractivity contribution in [1.29, 1.82) is 0 Å². The second kappa shape index (κ2) is 13.0. The number of halogens is 2. The third-order valence-electron chi connectivity index (χ3n) is 8.09. The van der Waals surface area contributed by atoms with Gasteiger partial charge in [0.15, 0.2) is 0 Å². The van der Waals surface area contributed by atoms with Gasteiger partial charge in [0, 0.05) is 0 Å². The average Bonchev–Trinajstić information content (AvgIpc) is 3.25. The quantitative estimate of drug-likeness (QED) is 0.293. The fourth-order valence-corrected chi connectivity index (χ4v) is 6.34. The molecule has 0 aromatic rings. The zero-order valence-electron chi connectivity index (χ0n) is 19.1. The first-order valence-electron chi connectivity index (χ1n) is 10.8. The van der Waals surface area contributed by atoms with Gasteiger partial charge in [-0.3, -0.25) is 0 Å². The van der Waals surface area contributed by atoms with Crippen molar-refractivity contribution in [3.05, 3.63) is 14.9 Å². The van der Waals surface area contributed by atoms with Crippen molar-refractivity contribution >= 4 is 17.0 Å². The predicted octanol–water partition coefficient (Wildman–Crippen LogP) is 9.50. The van der Waals surface area contributed by atoms with Gasteiger partial charge in [-0.25, -0.2) is 0 Å². The van der Waals surface area contributed by atoms with E-state index >= 15 is 0 Å². The van der Waals surface area contributed by atoms with Crippen LogP contribution >= 0.6 is 17.0 Å². The van der Waals surface area contributed by atoms with Crippen molar-refractivity contribution in [2.24, 2.45) is 34.5 Å². The Balaban J connectivity index is 0.000000575. The molecule has 4 rings (SSSR count). The molecule has 0 saturated heterocycles. The van der Waals surface area contributed by atoms with Crippen LogP contribution in [0.15, 0.2) is 0 Å². The van der Waals surface area contributed by atoms with Crippen LogP contribution in [0.25, 0.3) is 0 Å². The first kappa shape index (κ1) is 28.5. The summed E-state index contributed by atoms with van der Waals surface area (Å²) in [5.74, 6) is 4.24. The Morgan fingerprint density at radius 2 is 0.926 bits per heavy atom. The van der Waals surface area contributed by atoms with Crippen molar-refractivity contribution in [1.82, 2.24) is 0 Å². The minimum absolute atomic E-state index is 0. The molecule has 4 unspecified atom stereocenters. The van der Waals surface area contributed by atoms with E-state index in [2.05, 4.69) is 27.7 Å². The summed E-state index contributed by atoms with van der Waals surface area (Å²) in [5, 5.41) is 0. The van der Waals surface area contributed by atoms with Crippen molar-refractivity contribution in [2.75, 3.05) is 0 Å². The molecule has 0 heterocycles. The van der Waals surface area contributed by atoms with E-state index in [1.54, 1.807) is 25.7 Å². The molecular formula is C24H46Cl2Zr. The molecule has 0 aliphatic heterocycles. The molecule has 4 aliphatic rings. The van der Waals surface area contributed by atoms with Gasteiger partial charge in [0.2, 0.25) is 0 Å². The van der Waals surface area contributed by atoms with Gasteiger partial charge in [0.1, 0.15) is 0 Å². The first-order valence-corrected chi connectivity index (χ1v) is 17.1. The van der Waals surface area contributed by atoms with Gasteiger partial charge in [0.25, 0.3) is 0 Å². The summed E-state index contributed by atoms with van der Waals surface area (Å²) >= 11 is -0.826. The zero-order valence-corrected chi connectivity index (χ0v) is 23.0. The van der Waals surface area contributed by atoms with Crippen LogP contribution in [0.5, 0.6) is 0 Å². The molecule has 0 aromatic carbocycles. The van der Waals surface area contributed by atoms with Gasteiger partial charge in [-0.05, 0) is 60.2 Å². The molecule has 4 aliphatic carbocycles. The van der Waals surface area contributed by atoms with Gasteiger partial charge < -0.3 is 14.9 Å². The van der Waals surface area contributed by atoms with Gasteiger partial charge >= 0.3 is 37.9 Å². The molecule has 0 N–H and O–H groups in total. The molecule has 0 bridgehead atoms. The molecule has 0 spiro atoms. The Kier molecular flexibility index (Phi) is 13.7. The van der Waals surface area contributed by atoms with Crippen molar-refractivity contribution in [2.45, 2.75) is 105 Å². The summed E-state index contributed by atoms with van der Waals surface area (Å²) in [4.78, 5) is 0. The molecule has 4 atom stereocenters. The van der Waals surface area contributed by atoms with Crippen LogP contribution in [0.3, 0.4) is 0 Å². The SMILES string of the molecule is C1CCCC1.CC1(C)CCC(C)(C)C2CC3CCCC3CC21.[CH3-].[CH3-].[Cl][Zr+2][Cl]. The van der Waals surface area contributed by atoms with E-state index in [1.165, 1.54) is 51.4 Å². The monoisotopic (exact) mass is 494 g/mol. The second-order valence-electron chi connectivity index (χ2n) is 10.5. The number of hydrogen-bond acceptors (Lipinski definition) is 0. The second-order valence-corrected chi connectivity index (χ2v) is 14.2. The van der Waals surface area contributed by atoms with Crippen molar-refractivity contribution in [3.8, 4) is 0 Å². The molecule has 4 saturated carbocycles. The van der Waals surface area contributed by atoms with E-state index in [0.717, 1.165) is 23.7 Å². The molecule has 4 fully saturated rings. The standard InChI is InChI=1S/C17H30.C5H10.2CH3.2ClH.Zr/c1-16(2)8-9-17(3,4)15-11-13-7-5-6-12(13)10-14(15)16;1-2-4-5-3-1;;;;;/h12-15H,5-11H2,1-4H3;1-5H2;2*1H3;2*1H;/q;;2*-1;;;+4/p-2. The fraction of sp³-hybridized carbons (Fsp3) is 0.917. The van der Waals surface area contributed by atoms with Crippen LogP contribution in [0.4, 0.5) is 0 Å². The van der Waals surface area contributed by atoms with Gasteiger partial charge in [-0.2, -0.15) is 0 Å². The summed E-state index contributed by atoms with van der Waals surface area (Å²) in [6.45, 7) is 10.2. The number of rotatable bonds is 0. The van der Waals surface area contributed by atoms with Crippen LogP contribution in [-0.2, 0) is 20.8 Å². The molecule has 0 aromatic heterocycles. The average molecular weight is 497 g/mol. The molecule has 160 valence electrons. The third kappa shape index (κ3) is 7.90. The van der Waals surface area contributed by atoms with Crippen LogP contribution in [-0.4, -0.2) is 0 Å². The van der Waals surface area contributed by atoms with Gasteiger partial charge in [-0.1, -0.05) is 79.1 Å². The Morgan fingerprint density at radius 3 is 1.22 bits per heavy atom. The van der Waals surface area contributed by atoms with Crippen molar-refractivity contribution in [3.63, 3.8) is 0 Å². The normalized spacial score (nSPS) is 34.6. The fourth-order valence-electron chi connectivity index (χ4n) is 6.34. The van der Waals surface area contributed by atoms with E-state index in [1.807, 2.05) is 0 Å². The third-order valence-corrected chi connectivity index (χ3v) is 8.09. The Bertz CT molecular complexity index is 352. The first-order chi connectivity index (χ1) is 11.8. The van der Waals surface area contributed by atoms with Crippen LogP contribution in [0.2, 0.25) is 0 Å². The topological polar surface area (TPSA) is 0 Å². The maximum atomic E-state index is 4.93. The minimum atomic E-state index is -0.826. The summed E-state index contributed by atoms with van der Waals surface area (Å²) in [6.07, 6.45) is 18.2. The molecule has 0 nitrogen and oxygen atoms in total. The van der Waals surface area contributed by atoms with E-state index in [0.29, 0.717) is 10.8 Å². The summed E-state index contributed by atoms with van der Waals surface area (Å²) in [5.41, 5.74) is 1.24. The summed E-state index contributed by atoms with van der Waals surface area (Å²) in [6, 6.07) is 0. The van der Waals surface area contributed by atoms with E-state index in [4.69, 9.17) is 17.0 Å². The van der Waals surface area contributed by atoms with Gasteiger partial charge in [-0.15, -0.1) is 0 Å². The Labute approximate surface area is 191 Å². The Morgan fingerprint density at radius 1 is 0.630 bits per heavy atom. The van der Waals surface area contributed by atoms with Crippen LogP contribution in [0.1, 0.15) is 105 Å². The summed E-state index contributed by atoms with van der Waals surface area (Å²) < 4.78 is 0. The molecule has 0 amide bonds. The maximum absolute atomic E-state index is 4.93. The van der Waals surface area contributed by atoms with E-state index in [-0.39, 0.29) is 14.9 Å². The zero-order chi connectivity index (χ0) is 18.5.